The molecule has 0 unspecified atom stereocenters. The summed E-state index contributed by atoms with van der Waals surface area (Å²) in [5, 5.41) is 7.09. The van der Waals surface area contributed by atoms with Crippen LogP contribution in [0.5, 0.6) is 0 Å². The second-order valence-electron chi connectivity index (χ2n) is 6.45. The number of carbonyl (C=O) groups excluding carboxylic acids is 2. The number of aromatic nitrogens is 2. The van der Waals surface area contributed by atoms with Crippen LogP contribution in [-0.2, 0) is 9.53 Å². The van der Waals surface area contributed by atoms with Gasteiger partial charge in [-0.1, -0.05) is 21.1 Å². The van der Waals surface area contributed by atoms with Crippen molar-refractivity contribution in [3.8, 4) is 0 Å². The molecule has 8 heteroatoms. The number of anilines is 1. The second-order valence-corrected chi connectivity index (χ2v) is 7.36. The van der Waals surface area contributed by atoms with Crippen molar-refractivity contribution in [1.29, 1.82) is 0 Å². The van der Waals surface area contributed by atoms with E-state index in [1.54, 1.807) is 25.1 Å². The average molecular weight is 430 g/mol. The van der Waals surface area contributed by atoms with Gasteiger partial charge in [-0.05, 0) is 50.1 Å². The molecular formula is C19H16BrN3O4. The summed E-state index contributed by atoms with van der Waals surface area (Å²) in [4.78, 5) is 29.1. The molecule has 1 N–H and O–H groups in total. The lowest BCUT2D eigenvalue weighted by atomic mass is 10.1. The highest BCUT2D eigenvalue weighted by atomic mass is 79.9. The molecule has 27 heavy (non-hydrogen) atoms. The van der Waals surface area contributed by atoms with Crippen molar-refractivity contribution < 1.29 is 18.8 Å². The topological polar surface area (TPSA) is 94.3 Å². The van der Waals surface area contributed by atoms with Crippen LogP contribution >= 0.6 is 15.9 Å². The Morgan fingerprint density at radius 2 is 2.04 bits per heavy atom. The minimum absolute atomic E-state index is 0.322. The van der Waals surface area contributed by atoms with Gasteiger partial charge in [0.2, 0.25) is 0 Å². The minimum Gasteiger partial charge on any atom is -0.452 e. The van der Waals surface area contributed by atoms with E-state index in [-0.39, 0.29) is 6.61 Å². The fourth-order valence-corrected chi connectivity index (χ4v) is 3.07. The van der Waals surface area contributed by atoms with Gasteiger partial charge in [0.05, 0.1) is 16.6 Å². The molecule has 0 saturated heterocycles. The Labute approximate surface area is 163 Å². The van der Waals surface area contributed by atoms with Crippen molar-refractivity contribution >= 4 is 44.6 Å². The SMILES string of the molecule is Cc1noc2nc(C3CC3)cc(C(=O)OCC(=O)Nc3ccc(Br)cc3)c12. The number of halogens is 1. The Balaban J connectivity index is 1.48. The maximum atomic E-state index is 12.6. The summed E-state index contributed by atoms with van der Waals surface area (Å²) < 4.78 is 11.3. The predicted octanol–water partition coefficient (Wildman–Crippen LogP) is 3.97. The third kappa shape index (κ3) is 3.85. The molecular weight excluding hydrogens is 414 g/mol. The number of amides is 1. The molecule has 1 aromatic carbocycles. The number of esters is 1. The first kappa shape index (κ1) is 17.7. The number of ether oxygens (including phenoxy) is 1. The summed E-state index contributed by atoms with van der Waals surface area (Å²) in [6.07, 6.45) is 2.07. The van der Waals surface area contributed by atoms with Crippen LogP contribution in [0.1, 0.15) is 40.5 Å². The average Bonchev–Trinajstić information content (AvgIpc) is 3.45. The van der Waals surface area contributed by atoms with Crippen molar-refractivity contribution in [2.75, 3.05) is 11.9 Å². The molecule has 0 spiro atoms. The number of carbonyl (C=O) groups is 2. The van der Waals surface area contributed by atoms with E-state index in [1.165, 1.54) is 0 Å². The van der Waals surface area contributed by atoms with Gasteiger partial charge in [-0.25, -0.2) is 9.78 Å². The quantitative estimate of drug-likeness (QED) is 0.616. The third-order valence-corrected chi connectivity index (χ3v) is 4.84. The molecule has 2 aromatic heterocycles. The Bertz CT molecular complexity index is 1030. The van der Waals surface area contributed by atoms with Gasteiger partial charge >= 0.3 is 5.97 Å². The van der Waals surface area contributed by atoms with E-state index in [2.05, 4.69) is 31.4 Å². The smallest absolute Gasteiger partial charge is 0.339 e. The predicted molar refractivity (Wildman–Crippen MR) is 102 cm³/mol. The molecule has 1 aliphatic rings. The van der Waals surface area contributed by atoms with Crippen molar-refractivity contribution in [2.24, 2.45) is 0 Å². The molecule has 0 bridgehead atoms. The maximum Gasteiger partial charge on any atom is 0.339 e. The molecule has 1 saturated carbocycles. The van der Waals surface area contributed by atoms with Crippen LogP contribution in [0.15, 0.2) is 39.3 Å². The molecule has 4 rings (SSSR count). The number of rotatable bonds is 5. The van der Waals surface area contributed by atoms with E-state index in [0.29, 0.717) is 34.0 Å². The monoisotopic (exact) mass is 429 g/mol. The highest BCUT2D eigenvalue weighted by molar-refractivity contribution is 9.10. The minimum atomic E-state index is -0.596. The van der Waals surface area contributed by atoms with Gasteiger partial charge in [-0.2, -0.15) is 0 Å². The largest absolute Gasteiger partial charge is 0.452 e. The van der Waals surface area contributed by atoms with Gasteiger partial charge in [0.15, 0.2) is 6.61 Å². The van der Waals surface area contributed by atoms with Gasteiger partial charge < -0.3 is 14.6 Å². The molecule has 0 atom stereocenters. The van der Waals surface area contributed by atoms with Gasteiger partial charge in [0.25, 0.3) is 11.6 Å². The lowest BCUT2D eigenvalue weighted by Gasteiger charge is -2.08. The van der Waals surface area contributed by atoms with Crippen LogP contribution in [0.2, 0.25) is 0 Å². The number of nitrogens with one attached hydrogen (secondary N) is 1. The van der Waals surface area contributed by atoms with Gasteiger partial charge in [-0.3, -0.25) is 4.79 Å². The Kier molecular flexibility index (Phi) is 4.65. The molecule has 0 radical (unpaired) electrons. The highest BCUT2D eigenvalue weighted by Gasteiger charge is 2.29. The summed E-state index contributed by atoms with van der Waals surface area (Å²) in [5.41, 5.74) is 2.63. The van der Waals surface area contributed by atoms with Crippen LogP contribution in [0.3, 0.4) is 0 Å². The Morgan fingerprint density at radius 3 is 2.74 bits per heavy atom. The first-order valence-corrected chi connectivity index (χ1v) is 9.30. The van der Waals surface area contributed by atoms with Crippen LogP contribution in [0.4, 0.5) is 5.69 Å². The number of hydrogen-bond donors (Lipinski definition) is 1. The summed E-state index contributed by atoms with van der Waals surface area (Å²) in [7, 11) is 0. The van der Waals surface area contributed by atoms with Gasteiger partial charge in [0, 0.05) is 21.8 Å². The zero-order valence-corrected chi connectivity index (χ0v) is 16.1. The molecule has 3 aromatic rings. The van der Waals surface area contributed by atoms with Gasteiger partial charge in [-0.15, -0.1) is 0 Å². The van der Waals surface area contributed by atoms with E-state index in [9.17, 15) is 9.59 Å². The number of fused-ring (bicyclic) bond motifs is 1. The third-order valence-electron chi connectivity index (χ3n) is 4.31. The summed E-state index contributed by atoms with van der Waals surface area (Å²) in [6.45, 7) is 1.35. The molecule has 1 amide bonds. The number of benzene rings is 1. The van der Waals surface area contributed by atoms with Crippen LogP contribution < -0.4 is 5.32 Å². The second kappa shape index (κ2) is 7.11. The lowest BCUT2D eigenvalue weighted by Crippen LogP contribution is -2.21. The lowest BCUT2D eigenvalue weighted by molar-refractivity contribution is -0.119. The van der Waals surface area contributed by atoms with E-state index in [4.69, 9.17) is 9.26 Å². The van der Waals surface area contributed by atoms with Gasteiger partial charge in [0.1, 0.15) is 0 Å². The zero-order chi connectivity index (χ0) is 19.0. The number of pyridine rings is 1. The molecule has 1 fully saturated rings. The maximum absolute atomic E-state index is 12.6. The standard InChI is InChI=1S/C19H16BrN3O4/c1-10-17-14(8-15(11-2-3-11)22-18(17)27-23-10)19(25)26-9-16(24)21-13-6-4-12(20)5-7-13/h4-8,11H,2-3,9H2,1H3,(H,21,24). The van der Waals surface area contributed by atoms with Crippen molar-refractivity contribution in [3.63, 3.8) is 0 Å². The van der Waals surface area contributed by atoms with E-state index >= 15 is 0 Å². The van der Waals surface area contributed by atoms with E-state index < -0.39 is 11.9 Å². The molecule has 0 aliphatic heterocycles. The number of aryl methyl sites for hydroxylation is 1. The molecule has 1 aliphatic carbocycles. The van der Waals surface area contributed by atoms with Crippen molar-refractivity contribution in [2.45, 2.75) is 25.7 Å². The first-order chi connectivity index (χ1) is 13.0. The molecule has 7 nitrogen and oxygen atoms in total. The number of nitrogens with zero attached hydrogens (tertiary/aromatic N) is 2. The van der Waals surface area contributed by atoms with Crippen molar-refractivity contribution in [1.82, 2.24) is 10.1 Å². The van der Waals surface area contributed by atoms with Crippen LogP contribution in [0.25, 0.3) is 11.1 Å². The normalized spacial score (nSPS) is 13.6. The molecule has 2 heterocycles. The van der Waals surface area contributed by atoms with Crippen LogP contribution in [0, 0.1) is 6.92 Å². The Hall–Kier alpha value is -2.74. The highest BCUT2D eigenvalue weighted by Crippen LogP contribution is 2.40. The fourth-order valence-electron chi connectivity index (χ4n) is 2.80. The Morgan fingerprint density at radius 1 is 1.30 bits per heavy atom. The van der Waals surface area contributed by atoms with E-state index in [1.807, 2.05) is 12.1 Å². The van der Waals surface area contributed by atoms with Crippen molar-refractivity contribution in [3.05, 3.63) is 51.8 Å². The zero-order valence-electron chi connectivity index (χ0n) is 14.5. The first-order valence-electron chi connectivity index (χ1n) is 8.50. The summed E-state index contributed by atoms with van der Waals surface area (Å²) in [5.74, 6) is -0.672. The fraction of sp³-hybridized carbons (Fsp3) is 0.263. The number of hydrogen-bond acceptors (Lipinski definition) is 6. The summed E-state index contributed by atoms with van der Waals surface area (Å²) in [6, 6.07) is 8.84. The van der Waals surface area contributed by atoms with E-state index in [0.717, 1.165) is 23.0 Å². The van der Waals surface area contributed by atoms with Crippen LogP contribution in [-0.4, -0.2) is 28.6 Å². The molecule has 138 valence electrons. The summed E-state index contributed by atoms with van der Waals surface area (Å²) >= 11 is 3.33.